The van der Waals surface area contributed by atoms with Gasteiger partial charge in [-0.15, -0.1) is 10.2 Å². The van der Waals surface area contributed by atoms with Gasteiger partial charge in [-0.3, -0.25) is 19.5 Å². The quantitative estimate of drug-likeness (QED) is 0.689. The number of hydrogen-bond donors (Lipinski definition) is 1. The Labute approximate surface area is 169 Å². The van der Waals surface area contributed by atoms with Gasteiger partial charge in [-0.05, 0) is 17.7 Å². The molecule has 0 radical (unpaired) electrons. The molecule has 2 amide bonds. The third kappa shape index (κ3) is 2.21. The minimum Gasteiger partial charge on any atom is -0.417 e. The Morgan fingerprint density at radius 3 is 2.70 bits per heavy atom. The number of rotatable bonds is 4. The van der Waals surface area contributed by atoms with Crippen LogP contribution in [0.5, 0.6) is 0 Å². The molecule has 2 aliphatic heterocycles. The third-order valence-corrected chi connectivity index (χ3v) is 6.21. The summed E-state index contributed by atoms with van der Waals surface area (Å²) in [5.74, 6) is -0.444. The predicted octanol–water partition coefficient (Wildman–Crippen LogP) is 1.08. The highest BCUT2D eigenvalue weighted by Gasteiger charge is 2.90. The second kappa shape index (κ2) is 5.68. The van der Waals surface area contributed by atoms with Gasteiger partial charge in [-0.25, -0.2) is 9.37 Å². The number of likely N-dealkylation sites (N-methyl/N-ethyl adjacent to an activating group) is 1. The molecule has 0 saturated heterocycles. The molecule has 2 aliphatic carbocycles. The molecule has 2 aromatic heterocycles. The molecule has 3 aromatic rings. The van der Waals surface area contributed by atoms with E-state index in [1.807, 2.05) is 0 Å². The molecule has 4 aliphatic rings. The van der Waals surface area contributed by atoms with Crippen molar-refractivity contribution in [1.29, 1.82) is 0 Å². The second-order valence-electron chi connectivity index (χ2n) is 7.83. The first-order valence-corrected chi connectivity index (χ1v) is 9.49. The van der Waals surface area contributed by atoms with Crippen molar-refractivity contribution in [2.45, 2.75) is 17.9 Å². The van der Waals surface area contributed by atoms with E-state index >= 15 is 0 Å². The van der Waals surface area contributed by atoms with Crippen molar-refractivity contribution < 1.29 is 18.4 Å². The van der Waals surface area contributed by atoms with Crippen molar-refractivity contribution in [3.05, 3.63) is 65.5 Å². The Hall–Kier alpha value is -3.69. The maximum Gasteiger partial charge on any atom is 0.309 e. The van der Waals surface area contributed by atoms with E-state index in [9.17, 15) is 14.0 Å². The normalized spacial score (nSPS) is 27.7. The number of hydrogen-bond acceptors (Lipinski definition) is 7. The molecule has 1 N–H and O–H groups in total. The molecule has 4 heterocycles. The van der Waals surface area contributed by atoms with Gasteiger partial charge in [0.15, 0.2) is 5.82 Å². The van der Waals surface area contributed by atoms with Crippen molar-refractivity contribution in [2.75, 3.05) is 11.9 Å². The fraction of sp³-hybridized carbons (Fsp3) is 0.300. The van der Waals surface area contributed by atoms with Crippen LogP contribution in [0.2, 0.25) is 0 Å². The predicted molar refractivity (Wildman–Crippen MR) is 98.9 cm³/mol. The topological polar surface area (TPSA) is 114 Å². The summed E-state index contributed by atoms with van der Waals surface area (Å²) in [4.78, 5) is 35.9. The molecule has 4 atom stereocenters. The SMILES string of the molecule is CN1C(=O)C2(NC(=O)c3nnc(Cc4ccc(F)cc4)o3)C3C(c4nccnc41)[C@H]32. The first kappa shape index (κ1) is 17.2. The smallest absolute Gasteiger partial charge is 0.309 e. The lowest BCUT2D eigenvalue weighted by Gasteiger charge is -2.25. The average molecular weight is 406 g/mol. The number of carbonyl (C=O) groups excluding carboxylic acids is 2. The van der Waals surface area contributed by atoms with Gasteiger partial charge in [0.05, 0.1) is 12.1 Å². The zero-order valence-corrected chi connectivity index (χ0v) is 15.7. The molecule has 9 nitrogen and oxygen atoms in total. The highest BCUT2D eigenvalue weighted by Crippen LogP contribution is 2.81. The number of anilines is 1. The fourth-order valence-corrected chi connectivity index (χ4v) is 4.69. The molecule has 2 bridgehead atoms. The van der Waals surface area contributed by atoms with Crippen LogP contribution in [0, 0.1) is 17.7 Å². The number of aromatic nitrogens is 4. The Kier molecular flexibility index (Phi) is 3.26. The van der Waals surface area contributed by atoms with E-state index in [0.29, 0.717) is 5.82 Å². The standard InChI is InChI=1S/C20H15FN6O3/c1-27-16-15(22-6-7-23-16)12-13-14(12)20(13,19(27)29)24-17(28)18-26-25-11(30-18)8-9-2-4-10(21)5-3-9/h2-7,12-14H,8H2,1H3,(H,24,28)/t12?,13-,14?,20?/m1/s1. The zero-order chi connectivity index (χ0) is 20.6. The van der Waals surface area contributed by atoms with Crippen LogP contribution >= 0.6 is 0 Å². The molecular formula is C20H15FN6O3. The maximum absolute atomic E-state index is 13.1. The van der Waals surface area contributed by atoms with Gasteiger partial charge in [0.1, 0.15) is 11.4 Å². The molecule has 2 fully saturated rings. The minimum atomic E-state index is -0.968. The van der Waals surface area contributed by atoms with Crippen LogP contribution < -0.4 is 10.2 Å². The second-order valence-corrected chi connectivity index (χ2v) is 7.83. The highest BCUT2D eigenvalue weighted by molar-refractivity contribution is 6.10. The lowest BCUT2D eigenvalue weighted by molar-refractivity contribution is -0.122. The highest BCUT2D eigenvalue weighted by atomic mass is 19.1. The Morgan fingerprint density at radius 1 is 1.20 bits per heavy atom. The van der Waals surface area contributed by atoms with E-state index in [0.717, 1.165) is 11.3 Å². The Bertz CT molecular complexity index is 1200. The van der Waals surface area contributed by atoms with Gasteiger partial charge >= 0.3 is 11.8 Å². The molecule has 150 valence electrons. The summed E-state index contributed by atoms with van der Waals surface area (Å²) in [6, 6.07) is 5.89. The summed E-state index contributed by atoms with van der Waals surface area (Å²) >= 11 is 0. The number of fused-ring (bicyclic) bond motifs is 1. The number of nitrogens with zero attached hydrogens (tertiary/aromatic N) is 5. The van der Waals surface area contributed by atoms with E-state index in [1.54, 1.807) is 31.6 Å². The zero-order valence-electron chi connectivity index (χ0n) is 15.7. The Balaban J connectivity index is 1.21. The molecular weight excluding hydrogens is 391 g/mol. The van der Waals surface area contributed by atoms with Crippen LogP contribution in [0.3, 0.4) is 0 Å². The average Bonchev–Trinajstić information content (AvgIpc) is 3.61. The van der Waals surface area contributed by atoms with Crippen molar-refractivity contribution in [1.82, 2.24) is 25.5 Å². The maximum atomic E-state index is 13.1. The monoisotopic (exact) mass is 406 g/mol. The number of amides is 2. The summed E-state index contributed by atoms with van der Waals surface area (Å²) in [5.41, 5.74) is 0.602. The van der Waals surface area contributed by atoms with Crippen LogP contribution in [0.25, 0.3) is 0 Å². The lowest BCUT2D eigenvalue weighted by atomic mass is 9.95. The first-order valence-electron chi connectivity index (χ1n) is 9.49. The fourth-order valence-electron chi connectivity index (χ4n) is 4.69. The van der Waals surface area contributed by atoms with Gasteiger partial charge in [-0.1, -0.05) is 12.1 Å². The number of carbonyl (C=O) groups is 2. The van der Waals surface area contributed by atoms with Gasteiger partial charge < -0.3 is 9.73 Å². The third-order valence-electron chi connectivity index (χ3n) is 6.21. The van der Waals surface area contributed by atoms with Crippen LogP contribution in [-0.2, 0) is 11.2 Å². The van der Waals surface area contributed by atoms with E-state index < -0.39 is 11.4 Å². The van der Waals surface area contributed by atoms with Crippen LogP contribution in [-0.4, -0.2) is 44.6 Å². The van der Waals surface area contributed by atoms with Crippen LogP contribution in [0.1, 0.15) is 33.8 Å². The number of benzene rings is 1. The lowest BCUT2D eigenvalue weighted by Crippen LogP contribution is -2.54. The van der Waals surface area contributed by atoms with Gasteiger partial charge in [0.25, 0.3) is 5.91 Å². The molecule has 10 heteroatoms. The van der Waals surface area contributed by atoms with Gasteiger partial charge in [0, 0.05) is 37.2 Å². The molecule has 30 heavy (non-hydrogen) atoms. The first-order chi connectivity index (χ1) is 14.5. The van der Waals surface area contributed by atoms with Crippen LogP contribution in [0.4, 0.5) is 10.2 Å². The summed E-state index contributed by atoms with van der Waals surface area (Å²) in [6.45, 7) is 0. The summed E-state index contributed by atoms with van der Waals surface area (Å²) < 4.78 is 18.5. The van der Waals surface area contributed by atoms with E-state index in [1.165, 1.54) is 17.0 Å². The molecule has 0 spiro atoms. The number of nitrogens with one attached hydrogen (secondary N) is 1. The van der Waals surface area contributed by atoms with Crippen LogP contribution in [0.15, 0.2) is 41.1 Å². The van der Waals surface area contributed by atoms with Crippen molar-refractivity contribution >= 4 is 17.6 Å². The van der Waals surface area contributed by atoms with Gasteiger partial charge in [0.2, 0.25) is 5.89 Å². The molecule has 7 rings (SSSR count). The van der Waals surface area contributed by atoms with Crippen molar-refractivity contribution in [2.24, 2.45) is 11.8 Å². The minimum absolute atomic E-state index is 0.0101. The van der Waals surface area contributed by atoms with E-state index in [-0.39, 0.29) is 47.7 Å². The largest absolute Gasteiger partial charge is 0.417 e. The van der Waals surface area contributed by atoms with E-state index in [4.69, 9.17) is 4.42 Å². The summed E-state index contributed by atoms with van der Waals surface area (Å²) in [6.07, 6.45) is 3.43. The molecule has 2 saturated carbocycles. The van der Waals surface area contributed by atoms with Gasteiger partial charge in [-0.2, -0.15) is 0 Å². The summed E-state index contributed by atoms with van der Waals surface area (Å²) in [7, 11) is 1.64. The number of halogens is 1. The van der Waals surface area contributed by atoms with Crippen molar-refractivity contribution in [3.8, 4) is 0 Å². The molecule has 1 aromatic carbocycles. The molecule has 3 unspecified atom stereocenters. The van der Waals surface area contributed by atoms with E-state index in [2.05, 4.69) is 25.5 Å². The Morgan fingerprint density at radius 2 is 1.93 bits per heavy atom. The van der Waals surface area contributed by atoms with Crippen molar-refractivity contribution in [3.63, 3.8) is 0 Å². The summed E-state index contributed by atoms with van der Waals surface area (Å²) in [5, 5.41) is 10.5.